The van der Waals surface area contributed by atoms with E-state index in [1.54, 1.807) is 19.1 Å². The lowest BCUT2D eigenvalue weighted by atomic mass is 10.1. The molecule has 1 aliphatic heterocycles. The van der Waals surface area contributed by atoms with Crippen LogP contribution in [0.5, 0.6) is 5.75 Å². The molecule has 1 fully saturated rings. The first-order valence-electron chi connectivity index (χ1n) is 10.3. The zero-order chi connectivity index (χ0) is 23.6. The first-order valence-corrected chi connectivity index (χ1v) is 10.3. The van der Waals surface area contributed by atoms with E-state index >= 15 is 0 Å². The number of alkyl halides is 3. The van der Waals surface area contributed by atoms with Crippen LogP contribution in [0.3, 0.4) is 0 Å². The second-order valence-corrected chi connectivity index (χ2v) is 7.38. The predicted octanol–water partition coefficient (Wildman–Crippen LogP) is 4.47. The van der Waals surface area contributed by atoms with Gasteiger partial charge in [-0.2, -0.15) is 0 Å². The van der Waals surface area contributed by atoms with Gasteiger partial charge in [0.2, 0.25) is 5.76 Å². The first kappa shape index (κ1) is 22.5. The van der Waals surface area contributed by atoms with Gasteiger partial charge >= 0.3 is 12.3 Å². The Morgan fingerprint density at radius 3 is 2.45 bits per heavy atom. The highest BCUT2D eigenvalue weighted by Crippen LogP contribution is 2.29. The fourth-order valence-corrected chi connectivity index (χ4v) is 3.73. The molecular formula is C23H21F3N2O5. The van der Waals surface area contributed by atoms with Crippen LogP contribution in [0.1, 0.15) is 27.8 Å². The van der Waals surface area contributed by atoms with Crippen molar-refractivity contribution >= 4 is 28.5 Å². The summed E-state index contributed by atoms with van der Waals surface area (Å²) >= 11 is 0. The third kappa shape index (κ3) is 5.05. The average molecular weight is 462 g/mol. The van der Waals surface area contributed by atoms with E-state index in [0.29, 0.717) is 31.8 Å². The van der Waals surface area contributed by atoms with Gasteiger partial charge < -0.3 is 23.7 Å². The van der Waals surface area contributed by atoms with Gasteiger partial charge in [0.25, 0.3) is 5.91 Å². The van der Waals surface area contributed by atoms with E-state index in [0.717, 1.165) is 17.1 Å². The molecule has 0 spiro atoms. The number of piperazine rings is 1. The molecule has 1 aromatic heterocycles. The number of hydrogen-bond donors (Lipinski definition) is 0. The van der Waals surface area contributed by atoms with E-state index in [2.05, 4.69) is 9.64 Å². The molecule has 0 N–H and O–H groups in total. The topological polar surface area (TPSA) is 72.2 Å². The Labute approximate surface area is 187 Å². The number of hydrogen-bond acceptors (Lipinski definition) is 6. The average Bonchev–Trinajstić information content (AvgIpc) is 3.22. The fourth-order valence-electron chi connectivity index (χ4n) is 3.73. The van der Waals surface area contributed by atoms with Crippen molar-refractivity contribution in [2.24, 2.45) is 0 Å². The van der Waals surface area contributed by atoms with E-state index < -0.39 is 24.0 Å². The van der Waals surface area contributed by atoms with Crippen molar-refractivity contribution in [2.45, 2.75) is 13.3 Å². The molecule has 174 valence electrons. The number of amides is 1. The Morgan fingerprint density at radius 2 is 1.76 bits per heavy atom. The maximum absolute atomic E-state index is 12.8. The molecule has 0 atom stereocenters. The van der Waals surface area contributed by atoms with E-state index in [9.17, 15) is 22.8 Å². The SMILES string of the molecule is CCOC(=O)c1cc2cc(N3CCN(C(=O)c4ccccc4OC(F)(F)F)CC3)ccc2o1. The van der Waals surface area contributed by atoms with Gasteiger partial charge in [-0.1, -0.05) is 12.1 Å². The summed E-state index contributed by atoms with van der Waals surface area (Å²) in [4.78, 5) is 28.3. The summed E-state index contributed by atoms with van der Waals surface area (Å²) in [5, 5.41) is 0.743. The highest BCUT2D eigenvalue weighted by molar-refractivity contribution is 5.97. The van der Waals surface area contributed by atoms with Gasteiger partial charge in [-0.05, 0) is 43.3 Å². The zero-order valence-electron chi connectivity index (χ0n) is 17.7. The van der Waals surface area contributed by atoms with Crippen LogP contribution >= 0.6 is 0 Å². The van der Waals surface area contributed by atoms with E-state index in [1.165, 1.54) is 23.1 Å². The predicted molar refractivity (Wildman–Crippen MR) is 113 cm³/mol. The van der Waals surface area contributed by atoms with Crippen molar-refractivity contribution < 1.29 is 36.7 Å². The first-order chi connectivity index (χ1) is 15.7. The van der Waals surface area contributed by atoms with Gasteiger partial charge in [-0.3, -0.25) is 4.79 Å². The van der Waals surface area contributed by atoms with E-state index in [4.69, 9.17) is 9.15 Å². The number of fused-ring (bicyclic) bond motifs is 1. The van der Waals surface area contributed by atoms with Crippen molar-refractivity contribution in [3.8, 4) is 5.75 Å². The molecule has 0 unspecified atom stereocenters. The zero-order valence-corrected chi connectivity index (χ0v) is 17.7. The Morgan fingerprint density at radius 1 is 1.03 bits per heavy atom. The Bertz CT molecular complexity index is 1170. The van der Waals surface area contributed by atoms with E-state index in [1.807, 2.05) is 12.1 Å². The lowest BCUT2D eigenvalue weighted by Crippen LogP contribution is -2.48. The summed E-state index contributed by atoms with van der Waals surface area (Å²) in [6.07, 6.45) is -4.88. The molecule has 1 aliphatic rings. The highest BCUT2D eigenvalue weighted by Gasteiger charge is 2.34. The largest absolute Gasteiger partial charge is 0.573 e. The van der Waals surface area contributed by atoms with Crippen molar-refractivity contribution in [3.05, 3.63) is 59.9 Å². The molecular weight excluding hydrogens is 441 g/mol. The highest BCUT2D eigenvalue weighted by atomic mass is 19.4. The number of esters is 1. The number of furan rings is 1. The normalized spacial score (nSPS) is 14.4. The molecule has 33 heavy (non-hydrogen) atoms. The Kier molecular flexibility index (Phi) is 6.17. The summed E-state index contributed by atoms with van der Waals surface area (Å²) in [7, 11) is 0. The molecule has 4 rings (SSSR count). The summed E-state index contributed by atoms with van der Waals surface area (Å²) in [5.41, 5.74) is 1.30. The van der Waals surface area contributed by atoms with Crippen LogP contribution in [0, 0.1) is 0 Å². The maximum atomic E-state index is 12.8. The van der Waals surface area contributed by atoms with Crippen molar-refractivity contribution in [1.29, 1.82) is 0 Å². The van der Waals surface area contributed by atoms with E-state index in [-0.39, 0.29) is 17.9 Å². The molecule has 1 saturated heterocycles. The van der Waals surface area contributed by atoms with Gasteiger partial charge in [0.15, 0.2) is 0 Å². The number of carbonyl (C=O) groups excluding carboxylic acids is 2. The molecule has 2 aromatic carbocycles. The second-order valence-electron chi connectivity index (χ2n) is 7.38. The van der Waals surface area contributed by atoms with Crippen molar-refractivity contribution in [2.75, 3.05) is 37.7 Å². The van der Waals surface area contributed by atoms with Crippen LogP contribution < -0.4 is 9.64 Å². The molecule has 3 aromatic rings. The summed E-state index contributed by atoms with van der Waals surface area (Å²) in [5.74, 6) is -1.43. The summed E-state index contributed by atoms with van der Waals surface area (Å²) in [6, 6.07) is 12.4. The molecule has 2 heterocycles. The lowest BCUT2D eigenvalue weighted by molar-refractivity contribution is -0.274. The minimum absolute atomic E-state index is 0.124. The molecule has 1 amide bonds. The maximum Gasteiger partial charge on any atom is 0.573 e. The fraction of sp³-hybridized carbons (Fsp3) is 0.304. The number of benzene rings is 2. The molecule has 0 bridgehead atoms. The van der Waals surface area contributed by atoms with Gasteiger partial charge in [-0.15, -0.1) is 13.2 Å². The third-order valence-electron chi connectivity index (χ3n) is 5.25. The Balaban J connectivity index is 1.44. The minimum atomic E-state index is -4.88. The number of nitrogens with zero attached hydrogens (tertiary/aromatic N) is 2. The van der Waals surface area contributed by atoms with Crippen molar-refractivity contribution in [3.63, 3.8) is 0 Å². The second kappa shape index (κ2) is 9.05. The molecule has 0 saturated carbocycles. The summed E-state index contributed by atoms with van der Waals surface area (Å²) < 4.78 is 52.5. The number of anilines is 1. The Hall–Kier alpha value is -3.69. The lowest BCUT2D eigenvalue weighted by Gasteiger charge is -2.36. The molecule has 7 nitrogen and oxygen atoms in total. The van der Waals surface area contributed by atoms with Gasteiger partial charge in [-0.25, -0.2) is 4.79 Å². The van der Waals surface area contributed by atoms with Gasteiger partial charge in [0.1, 0.15) is 11.3 Å². The minimum Gasteiger partial charge on any atom is -0.460 e. The van der Waals surface area contributed by atoms with Crippen molar-refractivity contribution in [1.82, 2.24) is 4.90 Å². The van der Waals surface area contributed by atoms with Gasteiger partial charge in [0, 0.05) is 37.3 Å². The number of halogens is 3. The van der Waals surface area contributed by atoms with Crippen LogP contribution in [0.25, 0.3) is 11.0 Å². The van der Waals surface area contributed by atoms with Crippen LogP contribution in [-0.2, 0) is 4.74 Å². The molecule has 10 heteroatoms. The number of carbonyl (C=O) groups is 2. The van der Waals surface area contributed by atoms with Crippen LogP contribution in [0.4, 0.5) is 18.9 Å². The monoisotopic (exact) mass is 462 g/mol. The standard InChI is InChI=1S/C23H21F3N2O5/c1-2-31-22(30)20-14-15-13-16(7-8-18(15)32-20)27-9-11-28(12-10-27)21(29)17-5-3-4-6-19(17)33-23(24,25)26/h3-8,13-14H,2,9-12H2,1H3. The van der Waals surface area contributed by atoms with Crippen LogP contribution in [0.15, 0.2) is 52.9 Å². The number of ether oxygens (including phenoxy) is 2. The number of para-hydroxylation sites is 1. The van der Waals surface area contributed by atoms with Crippen LogP contribution in [-0.4, -0.2) is 55.9 Å². The summed E-state index contributed by atoms with van der Waals surface area (Å²) in [6.45, 7) is 3.60. The third-order valence-corrected chi connectivity index (χ3v) is 5.25. The molecule has 0 radical (unpaired) electrons. The molecule has 0 aliphatic carbocycles. The van der Waals surface area contributed by atoms with Gasteiger partial charge in [0.05, 0.1) is 12.2 Å². The smallest absolute Gasteiger partial charge is 0.460 e. The quantitative estimate of drug-likeness (QED) is 0.521. The number of rotatable bonds is 5. The van der Waals surface area contributed by atoms with Crippen LogP contribution in [0.2, 0.25) is 0 Å².